The highest BCUT2D eigenvalue weighted by molar-refractivity contribution is 5.93. The lowest BCUT2D eigenvalue weighted by molar-refractivity contribution is 0.353. The summed E-state index contributed by atoms with van der Waals surface area (Å²) >= 11 is 0. The topological polar surface area (TPSA) is 38.7 Å². The van der Waals surface area contributed by atoms with E-state index < -0.39 is 0 Å². The molecule has 0 saturated heterocycles. The normalized spacial score (nSPS) is 14.1. The van der Waals surface area contributed by atoms with Crippen LogP contribution < -0.4 is 0 Å². The molecule has 258 valence electrons. The summed E-state index contributed by atoms with van der Waals surface area (Å²) in [5.41, 5.74) is 18.2. The minimum atomic E-state index is 0.166. The van der Waals surface area contributed by atoms with Crippen molar-refractivity contribution in [3.63, 3.8) is 0 Å². The molecule has 2 aliphatic rings. The molecule has 2 heterocycles. The van der Waals surface area contributed by atoms with Gasteiger partial charge in [0.1, 0.15) is 0 Å². The Kier molecular flexibility index (Phi) is 8.06. The molecule has 0 radical (unpaired) electrons. The van der Waals surface area contributed by atoms with Gasteiger partial charge in [-0.15, -0.1) is 0 Å². The Morgan fingerprint density at radius 3 is 1.57 bits per heavy atom. The molecule has 54 heavy (non-hydrogen) atoms. The Hall–Kier alpha value is -6.45. The number of benzene rings is 6. The van der Waals surface area contributed by atoms with Crippen LogP contribution in [0.15, 0.2) is 176 Å². The molecule has 6 aromatic carbocycles. The molecule has 0 N–H and O–H groups in total. The first kappa shape index (κ1) is 32.2. The van der Waals surface area contributed by atoms with E-state index in [9.17, 15) is 0 Å². The van der Waals surface area contributed by atoms with E-state index in [1.165, 1.54) is 76.6 Å². The summed E-state index contributed by atoms with van der Waals surface area (Å²) in [6, 6.07) is 59.0. The Morgan fingerprint density at radius 1 is 0.389 bits per heavy atom. The molecular formula is C51H39N3. The van der Waals surface area contributed by atoms with Gasteiger partial charge in [-0.3, -0.25) is 4.98 Å². The van der Waals surface area contributed by atoms with E-state index in [1.807, 2.05) is 30.5 Å². The lowest BCUT2D eigenvalue weighted by Gasteiger charge is -2.36. The van der Waals surface area contributed by atoms with Gasteiger partial charge in [-0.05, 0) is 80.6 Å². The third-order valence-electron chi connectivity index (χ3n) is 11.6. The van der Waals surface area contributed by atoms with Gasteiger partial charge in [0, 0.05) is 34.5 Å². The van der Waals surface area contributed by atoms with Crippen molar-refractivity contribution in [2.24, 2.45) is 0 Å². The maximum atomic E-state index is 5.07. The van der Waals surface area contributed by atoms with Gasteiger partial charge in [-0.25, -0.2) is 9.97 Å². The van der Waals surface area contributed by atoms with Gasteiger partial charge in [0.2, 0.25) is 0 Å². The number of nitrogens with zero attached hydrogens (tertiary/aromatic N) is 3. The van der Waals surface area contributed by atoms with Crippen molar-refractivity contribution in [3.05, 3.63) is 187 Å². The SMILES string of the molecule is c1ccc(-c2nc(-c3ccc(-c4ccc(-c5cccc6c5-c5ccccc5C65CCCCC5)cc4)cc3)cc(-c3ccc(-c4cccnc4)cc3)n2)cc1. The highest BCUT2D eigenvalue weighted by atomic mass is 14.9. The Labute approximate surface area is 317 Å². The van der Waals surface area contributed by atoms with Gasteiger partial charge >= 0.3 is 0 Å². The van der Waals surface area contributed by atoms with Gasteiger partial charge in [-0.1, -0.05) is 171 Å². The number of pyridine rings is 1. The van der Waals surface area contributed by atoms with Crippen molar-refractivity contribution in [1.29, 1.82) is 0 Å². The van der Waals surface area contributed by atoms with E-state index in [2.05, 4.69) is 145 Å². The van der Waals surface area contributed by atoms with Crippen LogP contribution in [-0.4, -0.2) is 15.0 Å². The molecule has 0 unspecified atom stereocenters. The summed E-state index contributed by atoms with van der Waals surface area (Å²) in [5.74, 6) is 0.712. The largest absolute Gasteiger partial charge is 0.264 e. The third-order valence-corrected chi connectivity index (χ3v) is 11.6. The minimum absolute atomic E-state index is 0.166. The maximum absolute atomic E-state index is 5.07. The lowest BCUT2D eigenvalue weighted by atomic mass is 9.68. The molecule has 3 nitrogen and oxygen atoms in total. The smallest absolute Gasteiger partial charge is 0.160 e. The van der Waals surface area contributed by atoms with Crippen molar-refractivity contribution < 1.29 is 0 Å². The monoisotopic (exact) mass is 693 g/mol. The fraction of sp³-hybridized carbons (Fsp3) is 0.118. The molecule has 2 aliphatic carbocycles. The predicted molar refractivity (Wildman–Crippen MR) is 222 cm³/mol. The van der Waals surface area contributed by atoms with Gasteiger partial charge in [-0.2, -0.15) is 0 Å². The Bertz CT molecular complexity index is 2590. The average molecular weight is 694 g/mol. The molecule has 8 aromatic rings. The number of aromatic nitrogens is 3. The first-order chi connectivity index (χ1) is 26.7. The summed E-state index contributed by atoms with van der Waals surface area (Å²) in [6.45, 7) is 0. The quantitative estimate of drug-likeness (QED) is 0.174. The van der Waals surface area contributed by atoms with Crippen LogP contribution in [0.25, 0.3) is 78.4 Å². The number of rotatable bonds is 6. The van der Waals surface area contributed by atoms with E-state index in [4.69, 9.17) is 9.97 Å². The van der Waals surface area contributed by atoms with Crippen LogP contribution in [-0.2, 0) is 5.41 Å². The second-order valence-corrected chi connectivity index (χ2v) is 14.7. The zero-order valence-electron chi connectivity index (χ0n) is 30.1. The van der Waals surface area contributed by atoms with Gasteiger partial charge in [0.15, 0.2) is 5.82 Å². The Balaban J connectivity index is 0.965. The first-order valence-corrected chi connectivity index (χ1v) is 19.1. The van der Waals surface area contributed by atoms with Crippen molar-refractivity contribution in [1.82, 2.24) is 15.0 Å². The van der Waals surface area contributed by atoms with Crippen LogP contribution in [0.4, 0.5) is 0 Å². The second-order valence-electron chi connectivity index (χ2n) is 14.7. The maximum Gasteiger partial charge on any atom is 0.160 e. The molecular weight excluding hydrogens is 655 g/mol. The molecule has 1 saturated carbocycles. The molecule has 10 rings (SSSR count). The zero-order chi connectivity index (χ0) is 35.9. The molecule has 3 heteroatoms. The molecule has 0 bridgehead atoms. The predicted octanol–water partition coefficient (Wildman–Crippen LogP) is 13.1. The summed E-state index contributed by atoms with van der Waals surface area (Å²) in [5, 5.41) is 0. The van der Waals surface area contributed by atoms with Crippen LogP contribution >= 0.6 is 0 Å². The van der Waals surface area contributed by atoms with Crippen molar-refractivity contribution in [2.45, 2.75) is 37.5 Å². The zero-order valence-corrected chi connectivity index (χ0v) is 30.1. The van der Waals surface area contributed by atoms with E-state index >= 15 is 0 Å². The molecule has 1 spiro atoms. The van der Waals surface area contributed by atoms with Crippen molar-refractivity contribution in [2.75, 3.05) is 0 Å². The van der Waals surface area contributed by atoms with Crippen molar-refractivity contribution >= 4 is 0 Å². The van der Waals surface area contributed by atoms with Crippen LogP contribution in [0.1, 0.15) is 43.2 Å². The summed E-state index contributed by atoms with van der Waals surface area (Å²) in [4.78, 5) is 14.4. The third kappa shape index (κ3) is 5.64. The summed E-state index contributed by atoms with van der Waals surface area (Å²) in [6.07, 6.45) is 10.1. The second kappa shape index (κ2) is 13.5. The van der Waals surface area contributed by atoms with E-state index in [1.54, 1.807) is 6.20 Å². The van der Waals surface area contributed by atoms with Crippen LogP contribution in [0.5, 0.6) is 0 Å². The average Bonchev–Trinajstić information content (AvgIpc) is 3.53. The van der Waals surface area contributed by atoms with Crippen molar-refractivity contribution in [3.8, 4) is 78.4 Å². The highest BCUT2D eigenvalue weighted by Gasteiger charge is 2.44. The molecule has 0 atom stereocenters. The fourth-order valence-electron chi connectivity index (χ4n) is 8.94. The minimum Gasteiger partial charge on any atom is -0.264 e. The lowest BCUT2D eigenvalue weighted by Crippen LogP contribution is -2.27. The van der Waals surface area contributed by atoms with E-state index in [0.29, 0.717) is 5.82 Å². The highest BCUT2D eigenvalue weighted by Crippen LogP contribution is 2.57. The first-order valence-electron chi connectivity index (χ1n) is 19.1. The molecule has 0 aliphatic heterocycles. The fourth-order valence-corrected chi connectivity index (χ4v) is 8.94. The van der Waals surface area contributed by atoms with Gasteiger partial charge < -0.3 is 0 Å². The standard InChI is InChI=1S/C51H39N3/c1-3-11-41(12-4-1)50-53-47(33-48(54-50)40-28-22-37(23-29-40)42-13-10-32-52-34-42)39-26-20-36(21-27-39)35-18-24-38(25-19-35)43-15-9-17-46-49(43)44-14-5-6-16-45(44)51(46)30-7-2-8-31-51/h1,3-6,9-29,32-34H,2,7-8,30-31H2. The Morgan fingerprint density at radius 2 is 0.926 bits per heavy atom. The number of hydrogen-bond donors (Lipinski definition) is 0. The number of fused-ring (bicyclic) bond motifs is 5. The van der Waals surface area contributed by atoms with E-state index in [-0.39, 0.29) is 5.41 Å². The van der Waals surface area contributed by atoms with E-state index in [0.717, 1.165) is 39.2 Å². The number of hydrogen-bond acceptors (Lipinski definition) is 3. The van der Waals surface area contributed by atoms with Crippen LogP contribution in [0.2, 0.25) is 0 Å². The molecule has 1 fully saturated rings. The van der Waals surface area contributed by atoms with Crippen LogP contribution in [0.3, 0.4) is 0 Å². The van der Waals surface area contributed by atoms with Gasteiger partial charge in [0.05, 0.1) is 11.4 Å². The molecule has 0 amide bonds. The molecule has 2 aromatic heterocycles. The van der Waals surface area contributed by atoms with Crippen LogP contribution in [0, 0.1) is 0 Å². The summed E-state index contributed by atoms with van der Waals surface area (Å²) < 4.78 is 0. The van der Waals surface area contributed by atoms with Gasteiger partial charge in [0.25, 0.3) is 0 Å². The summed E-state index contributed by atoms with van der Waals surface area (Å²) in [7, 11) is 0.